The molecular formula is C15H16ClN3O3S. The summed E-state index contributed by atoms with van der Waals surface area (Å²) in [6.07, 6.45) is 0. The second-order valence-corrected chi connectivity index (χ2v) is 6.49. The van der Waals surface area contributed by atoms with Crippen molar-refractivity contribution in [2.75, 3.05) is 18.9 Å². The summed E-state index contributed by atoms with van der Waals surface area (Å²) >= 11 is 7.38. The van der Waals surface area contributed by atoms with Gasteiger partial charge in [0, 0.05) is 22.0 Å². The lowest BCUT2D eigenvalue weighted by atomic mass is 10.2. The number of anilines is 1. The summed E-state index contributed by atoms with van der Waals surface area (Å²) in [5.74, 6) is -0.318. The van der Waals surface area contributed by atoms with Crippen LogP contribution < -0.4 is 5.32 Å². The van der Waals surface area contributed by atoms with Gasteiger partial charge in [0.25, 0.3) is 5.69 Å². The van der Waals surface area contributed by atoms with Crippen molar-refractivity contribution in [3.05, 3.63) is 55.7 Å². The van der Waals surface area contributed by atoms with Crippen LogP contribution in [0.15, 0.2) is 35.7 Å². The highest BCUT2D eigenvalue weighted by atomic mass is 35.5. The van der Waals surface area contributed by atoms with E-state index in [9.17, 15) is 14.9 Å². The van der Waals surface area contributed by atoms with Gasteiger partial charge in [-0.05, 0) is 37.6 Å². The summed E-state index contributed by atoms with van der Waals surface area (Å²) in [6, 6.07) is 8.20. The third kappa shape index (κ3) is 4.51. The maximum absolute atomic E-state index is 12.2. The fraction of sp³-hybridized carbons (Fsp3) is 0.267. The van der Waals surface area contributed by atoms with E-state index in [4.69, 9.17) is 11.6 Å². The average molecular weight is 354 g/mol. The van der Waals surface area contributed by atoms with Crippen molar-refractivity contribution in [2.45, 2.75) is 13.0 Å². The minimum Gasteiger partial charge on any atom is -0.319 e. The lowest BCUT2D eigenvalue weighted by Crippen LogP contribution is -2.32. The molecule has 0 aliphatic rings. The van der Waals surface area contributed by atoms with Gasteiger partial charge in [0.2, 0.25) is 5.91 Å². The van der Waals surface area contributed by atoms with E-state index in [1.807, 2.05) is 36.4 Å². The quantitative estimate of drug-likeness (QED) is 0.630. The zero-order valence-corrected chi connectivity index (χ0v) is 14.2. The summed E-state index contributed by atoms with van der Waals surface area (Å²) in [7, 11) is 1.83. The summed E-state index contributed by atoms with van der Waals surface area (Å²) in [5, 5.41) is 15.8. The third-order valence-electron chi connectivity index (χ3n) is 3.44. The zero-order chi connectivity index (χ0) is 17.0. The Morgan fingerprint density at radius 1 is 1.48 bits per heavy atom. The molecule has 23 heavy (non-hydrogen) atoms. The summed E-state index contributed by atoms with van der Waals surface area (Å²) < 4.78 is 0. The van der Waals surface area contributed by atoms with E-state index in [-0.39, 0.29) is 34.9 Å². The second kappa shape index (κ2) is 7.54. The Morgan fingerprint density at radius 2 is 2.22 bits per heavy atom. The number of rotatable bonds is 6. The molecule has 1 atom stereocenters. The first-order chi connectivity index (χ1) is 10.9. The van der Waals surface area contributed by atoms with Gasteiger partial charge < -0.3 is 5.32 Å². The van der Waals surface area contributed by atoms with Gasteiger partial charge in [0.1, 0.15) is 5.69 Å². The molecule has 0 aliphatic heterocycles. The Kier molecular flexibility index (Phi) is 5.70. The number of nitro groups is 1. The zero-order valence-electron chi connectivity index (χ0n) is 12.7. The fourth-order valence-electron chi connectivity index (χ4n) is 2.06. The fourth-order valence-corrected chi connectivity index (χ4v) is 3.08. The van der Waals surface area contributed by atoms with E-state index in [1.165, 1.54) is 18.2 Å². The second-order valence-electron chi connectivity index (χ2n) is 5.07. The molecule has 1 heterocycles. The van der Waals surface area contributed by atoms with Crippen molar-refractivity contribution in [3.8, 4) is 0 Å². The first kappa shape index (κ1) is 17.4. The SMILES string of the molecule is CC(c1cccs1)N(C)CC(=O)Nc1ccc(Cl)cc1[N+](=O)[O-]. The molecule has 1 aromatic heterocycles. The third-order valence-corrected chi connectivity index (χ3v) is 4.72. The van der Waals surface area contributed by atoms with Gasteiger partial charge in [-0.1, -0.05) is 17.7 Å². The number of amides is 1. The van der Waals surface area contributed by atoms with Crippen LogP contribution in [-0.2, 0) is 4.79 Å². The molecule has 0 aliphatic carbocycles. The molecule has 2 aromatic rings. The molecule has 0 bridgehead atoms. The summed E-state index contributed by atoms with van der Waals surface area (Å²) in [6.45, 7) is 2.13. The molecule has 1 N–H and O–H groups in total. The normalized spacial score (nSPS) is 12.2. The van der Waals surface area contributed by atoms with Gasteiger partial charge in [-0.15, -0.1) is 11.3 Å². The smallest absolute Gasteiger partial charge is 0.294 e. The Labute approximate surface area is 142 Å². The van der Waals surface area contributed by atoms with Gasteiger partial charge in [0.15, 0.2) is 0 Å². The van der Waals surface area contributed by atoms with Crippen LogP contribution >= 0.6 is 22.9 Å². The molecule has 0 fully saturated rings. The Balaban J connectivity index is 2.04. The standard InChI is InChI=1S/C15H16ClN3O3S/c1-10(14-4-3-7-23-14)18(2)9-15(20)17-12-6-5-11(16)8-13(12)19(21)22/h3-8,10H,9H2,1-2H3,(H,17,20). The molecule has 2 rings (SSSR count). The lowest BCUT2D eigenvalue weighted by molar-refractivity contribution is -0.383. The van der Waals surface area contributed by atoms with Crippen molar-refractivity contribution in [1.82, 2.24) is 4.90 Å². The number of carbonyl (C=O) groups is 1. The van der Waals surface area contributed by atoms with E-state index < -0.39 is 4.92 Å². The predicted octanol–water partition coefficient (Wildman–Crippen LogP) is 3.94. The number of nitrogens with one attached hydrogen (secondary N) is 1. The highest BCUT2D eigenvalue weighted by Crippen LogP contribution is 2.28. The van der Waals surface area contributed by atoms with Crippen molar-refractivity contribution in [3.63, 3.8) is 0 Å². The molecule has 1 amide bonds. The van der Waals surface area contributed by atoms with E-state index >= 15 is 0 Å². The van der Waals surface area contributed by atoms with Crippen LogP contribution in [0.25, 0.3) is 0 Å². The van der Waals surface area contributed by atoms with Crippen LogP contribution in [-0.4, -0.2) is 29.3 Å². The monoisotopic (exact) mass is 353 g/mol. The highest BCUT2D eigenvalue weighted by Gasteiger charge is 2.19. The molecule has 122 valence electrons. The maximum Gasteiger partial charge on any atom is 0.294 e. The summed E-state index contributed by atoms with van der Waals surface area (Å²) in [4.78, 5) is 25.6. The molecule has 8 heteroatoms. The lowest BCUT2D eigenvalue weighted by Gasteiger charge is -2.23. The molecular weight excluding hydrogens is 338 g/mol. The molecule has 0 spiro atoms. The molecule has 6 nitrogen and oxygen atoms in total. The first-order valence-electron chi connectivity index (χ1n) is 6.86. The number of hydrogen-bond acceptors (Lipinski definition) is 5. The minimum absolute atomic E-state index is 0.0842. The number of nitrogens with zero attached hydrogens (tertiary/aromatic N) is 2. The van der Waals surface area contributed by atoms with Gasteiger partial charge in [-0.2, -0.15) is 0 Å². The number of nitro benzene ring substituents is 1. The number of thiophene rings is 1. The van der Waals surface area contributed by atoms with Gasteiger partial charge in [0.05, 0.1) is 11.5 Å². The number of carbonyl (C=O) groups excluding carboxylic acids is 1. The molecule has 1 unspecified atom stereocenters. The maximum atomic E-state index is 12.2. The molecule has 1 aromatic carbocycles. The minimum atomic E-state index is -0.570. The van der Waals surface area contributed by atoms with Crippen LogP contribution in [0.4, 0.5) is 11.4 Å². The summed E-state index contributed by atoms with van der Waals surface area (Å²) in [5.41, 5.74) is -0.0821. The van der Waals surface area contributed by atoms with Crippen molar-refractivity contribution in [2.24, 2.45) is 0 Å². The number of benzene rings is 1. The highest BCUT2D eigenvalue weighted by molar-refractivity contribution is 7.10. The molecule has 0 saturated heterocycles. The average Bonchev–Trinajstić information content (AvgIpc) is 3.02. The molecule has 0 saturated carbocycles. The van der Waals surface area contributed by atoms with Crippen molar-refractivity contribution in [1.29, 1.82) is 0 Å². The van der Waals surface area contributed by atoms with E-state index in [1.54, 1.807) is 11.3 Å². The van der Waals surface area contributed by atoms with E-state index in [2.05, 4.69) is 5.32 Å². The Hall–Kier alpha value is -1.96. The van der Waals surface area contributed by atoms with Gasteiger partial charge in [-0.3, -0.25) is 19.8 Å². The number of likely N-dealkylation sites (N-methyl/N-ethyl adjacent to an activating group) is 1. The first-order valence-corrected chi connectivity index (χ1v) is 8.11. The van der Waals surface area contributed by atoms with Crippen molar-refractivity contribution < 1.29 is 9.72 Å². The Bertz CT molecular complexity index is 706. The largest absolute Gasteiger partial charge is 0.319 e. The van der Waals surface area contributed by atoms with E-state index in [0.29, 0.717) is 0 Å². The van der Waals surface area contributed by atoms with Crippen LogP contribution in [0.2, 0.25) is 5.02 Å². The predicted molar refractivity (Wildman–Crippen MR) is 92.1 cm³/mol. The van der Waals surface area contributed by atoms with Gasteiger partial charge >= 0.3 is 0 Å². The van der Waals surface area contributed by atoms with Crippen LogP contribution in [0.5, 0.6) is 0 Å². The topological polar surface area (TPSA) is 75.5 Å². The van der Waals surface area contributed by atoms with Crippen LogP contribution in [0.3, 0.4) is 0 Å². The van der Waals surface area contributed by atoms with E-state index in [0.717, 1.165) is 4.88 Å². The van der Waals surface area contributed by atoms with Crippen LogP contribution in [0.1, 0.15) is 17.8 Å². The Morgan fingerprint density at radius 3 is 2.83 bits per heavy atom. The number of hydrogen-bond donors (Lipinski definition) is 1. The van der Waals surface area contributed by atoms with Crippen molar-refractivity contribution >= 4 is 40.2 Å². The van der Waals surface area contributed by atoms with Gasteiger partial charge in [-0.25, -0.2) is 0 Å². The molecule has 0 radical (unpaired) electrons. The van der Waals surface area contributed by atoms with Crippen LogP contribution in [0, 0.1) is 10.1 Å². The number of halogens is 1.